The minimum atomic E-state index is -1.19. The number of benzene rings is 3. The van der Waals surface area contributed by atoms with Crippen LogP contribution in [-0.2, 0) is 14.4 Å². The molecule has 2 aliphatic rings. The molecule has 3 aromatic carbocycles. The van der Waals surface area contributed by atoms with Gasteiger partial charge in [-0.3, -0.25) is 24.5 Å². The van der Waals surface area contributed by atoms with Crippen LogP contribution in [-0.4, -0.2) is 50.8 Å². The third kappa shape index (κ3) is 4.31. The third-order valence-electron chi connectivity index (χ3n) is 6.87. The van der Waals surface area contributed by atoms with Crippen molar-refractivity contribution < 1.29 is 38.3 Å². The van der Waals surface area contributed by atoms with Crippen LogP contribution in [0.3, 0.4) is 0 Å². The summed E-state index contributed by atoms with van der Waals surface area (Å²) in [4.78, 5) is 45.9. The number of amides is 2. The van der Waals surface area contributed by atoms with Crippen molar-refractivity contribution in [2.24, 2.45) is 5.92 Å². The molecule has 5 rings (SSSR count). The molecule has 0 bridgehead atoms. The number of fused-ring (bicyclic) bond motifs is 1. The van der Waals surface area contributed by atoms with Crippen LogP contribution in [0.15, 0.2) is 60.7 Å². The zero-order chi connectivity index (χ0) is 28.6. The fourth-order valence-corrected chi connectivity index (χ4v) is 5.17. The van der Waals surface area contributed by atoms with Crippen molar-refractivity contribution in [3.05, 3.63) is 76.3 Å². The van der Waals surface area contributed by atoms with E-state index in [0.717, 1.165) is 4.90 Å². The number of rotatable bonds is 9. The quantitative estimate of drug-likeness (QED) is 0.219. The van der Waals surface area contributed by atoms with Crippen molar-refractivity contribution in [2.45, 2.75) is 19.1 Å². The van der Waals surface area contributed by atoms with Gasteiger partial charge in [-0.1, -0.05) is 6.07 Å². The summed E-state index contributed by atoms with van der Waals surface area (Å²) >= 11 is 0. The molecule has 2 amide bonds. The molecule has 0 unspecified atom stereocenters. The average Bonchev–Trinajstić information content (AvgIpc) is 3.48. The van der Waals surface area contributed by atoms with Gasteiger partial charge in [-0.25, -0.2) is 9.96 Å². The minimum absolute atomic E-state index is 0.176. The number of hydroxylamine groups is 1. The summed E-state index contributed by atoms with van der Waals surface area (Å²) in [5.74, 6) is -0.510. The second-order valence-electron chi connectivity index (χ2n) is 8.96. The van der Waals surface area contributed by atoms with E-state index in [1.807, 2.05) is 6.92 Å². The van der Waals surface area contributed by atoms with Crippen LogP contribution in [0, 0.1) is 16.0 Å². The number of nitrogens with zero attached hydrogens (tertiary/aromatic N) is 3. The molecular formula is C28H27N3O9. The number of anilines is 2. The van der Waals surface area contributed by atoms with E-state index in [9.17, 15) is 19.7 Å². The Bertz CT molecular complexity index is 1460. The fraction of sp³-hybridized carbons (Fsp3) is 0.286. The molecule has 2 saturated heterocycles. The number of hydrogen-bond donors (Lipinski definition) is 0. The van der Waals surface area contributed by atoms with Crippen molar-refractivity contribution in [3.63, 3.8) is 0 Å². The van der Waals surface area contributed by atoms with Gasteiger partial charge < -0.3 is 18.9 Å². The number of imide groups is 1. The van der Waals surface area contributed by atoms with Crippen molar-refractivity contribution in [3.8, 4) is 23.0 Å². The normalized spacial score (nSPS) is 19.9. The zero-order valence-corrected chi connectivity index (χ0v) is 22.2. The lowest BCUT2D eigenvalue weighted by Crippen LogP contribution is -2.37. The fourth-order valence-electron chi connectivity index (χ4n) is 5.17. The van der Waals surface area contributed by atoms with E-state index >= 15 is 0 Å². The Labute approximate surface area is 229 Å². The molecule has 3 aromatic rings. The summed E-state index contributed by atoms with van der Waals surface area (Å²) in [5.41, 5.74) is 0.953. The molecule has 208 valence electrons. The van der Waals surface area contributed by atoms with Crippen molar-refractivity contribution in [2.75, 3.05) is 37.9 Å². The standard InChI is InChI=1S/C28H27N3O9/c1-5-39-19-11-9-16(10-12-19)29-27(32)22-23(20-13-14-21(36-2)25(38-4)24(20)37-3)30(40-26(22)28(29)33)17-7-6-8-18(15-17)31(34)35/h6-15,22-23,26H,5H2,1-4H3/t22-,23+,26+/m0/s1. The lowest BCUT2D eigenvalue weighted by molar-refractivity contribution is -0.384. The summed E-state index contributed by atoms with van der Waals surface area (Å²) < 4.78 is 22.2. The Kier molecular flexibility index (Phi) is 7.18. The van der Waals surface area contributed by atoms with Gasteiger partial charge >= 0.3 is 0 Å². The SMILES string of the molecule is CCOc1ccc(N2C(=O)[C@H]3[C@@H](c4ccc(OC)c(OC)c4OC)N(c4cccc([N+](=O)[O-])c4)O[C@H]3C2=O)cc1. The number of methoxy groups -OCH3 is 3. The largest absolute Gasteiger partial charge is 0.494 e. The molecule has 0 spiro atoms. The molecule has 0 aromatic heterocycles. The molecule has 3 atom stereocenters. The summed E-state index contributed by atoms with van der Waals surface area (Å²) in [5, 5.41) is 12.9. The smallest absolute Gasteiger partial charge is 0.271 e. The molecule has 12 heteroatoms. The summed E-state index contributed by atoms with van der Waals surface area (Å²) in [7, 11) is 4.38. The molecule has 0 radical (unpaired) electrons. The molecule has 12 nitrogen and oxygen atoms in total. The number of nitro groups is 1. The monoisotopic (exact) mass is 549 g/mol. The van der Waals surface area contributed by atoms with Gasteiger partial charge in [0, 0.05) is 17.7 Å². The lowest BCUT2D eigenvalue weighted by Gasteiger charge is -2.30. The van der Waals surface area contributed by atoms with E-state index < -0.39 is 34.8 Å². The first-order valence-corrected chi connectivity index (χ1v) is 12.4. The van der Waals surface area contributed by atoms with Crippen LogP contribution in [0.1, 0.15) is 18.5 Å². The Balaban J connectivity index is 1.63. The first-order chi connectivity index (χ1) is 19.3. The maximum Gasteiger partial charge on any atom is 0.271 e. The Morgan fingerprint density at radius 2 is 1.62 bits per heavy atom. The number of nitro benzene ring substituents is 1. The lowest BCUT2D eigenvalue weighted by atomic mass is 9.89. The number of hydrogen-bond acceptors (Lipinski definition) is 10. The van der Waals surface area contributed by atoms with E-state index in [1.54, 1.807) is 42.5 Å². The van der Waals surface area contributed by atoms with Gasteiger partial charge in [0.15, 0.2) is 17.6 Å². The maximum absolute atomic E-state index is 14.0. The van der Waals surface area contributed by atoms with Crippen LogP contribution >= 0.6 is 0 Å². The molecule has 0 N–H and O–H groups in total. The molecule has 40 heavy (non-hydrogen) atoms. The van der Waals surface area contributed by atoms with E-state index in [-0.39, 0.29) is 17.2 Å². The van der Waals surface area contributed by atoms with Gasteiger partial charge in [-0.05, 0) is 49.4 Å². The summed E-state index contributed by atoms with van der Waals surface area (Å²) in [6.45, 7) is 2.33. The Morgan fingerprint density at radius 3 is 2.25 bits per heavy atom. The molecular weight excluding hydrogens is 522 g/mol. The highest BCUT2D eigenvalue weighted by molar-refractivity contribution is 6.24. The van der Waals surface area contributed by atoms with Gasteiger partial charge in [-0.2, -0.15) is 0 Å². The second kappa shape index (κ2) is 10.7. The number of ether oxygens (including phenoxy) is 4. The van der Waals surface area contributed by atoms with E-state index in [4.69, 9.17) is 23.8 Å². The van der Waals surface area contributed by atoms with Crippen LogP contribution in [0.2, 0.25) is 0 Å². The van der Waals surface area contributed by atoms with E-state index in [2.05, 4.69) is 0 Å². The van der Waals surface area contributed by atoms with Gasteiger partial charge in [0.1, 0.15) is 17.7 Å². The highest BCUT2D eigenvalue weighted by Gasteiger charge is 2.61. The summed E-state index contributed by atoms with van der Waals surface area (Å²) in [6.07, 6.45) is -1.19. The Hall–Kier alpha value is -4.84. The Morgan fingerprint density at radius 1 is 0.900 bits per heavy atom. The summed E-state index contributed by atoms with van der Waals surface area (Å²) in [6, 6.07) is 14.8. The molecule has 2 fully saturated rings. The number of carbonyl (C=O) groups excluding carboxylic acids is 2. The molecule has 0 saturated carbocycles. The first-order valence-electron chi connectivity index (χ1n) is 12.4. The van der Waals surface area contributed by atoms with Gasteiger partial charge in [0.2, 0.25) is 11.7 Å². The zero-order valence-electron chi connectivity index (χ0n) is 22.2. The number of non-ortho nitro benzene ring substituents is 1. The first kappa shape index (κ1) is 26.8. The topological polar surface area (TPSA) is 130 Å². The van der Waals surface area contributed by atoms with Gasteiger partial charge in [-0.15, -0.1) is 0 Å². The average molecular weight is 550 g/mol. The van der Waals surface area contributed by atoms with Crippen molar-refractivity contribution >= 4 is 28.9 Å². The van der Waals surface area contributed by atoms with Crippen molar-refractivity contribution in [1.82, 2.24) is 0 Å². The number of carbonyl (C=O) groups is 2. The third-order valence-corrected chi connectivity index (χ3v) is 6.87. The van der Waals surface area contributed by atoms with Crippen LogP contribution in [0.4, 0.5) is 17.1 Å². The van der Waals surface area contributed by atoms with Crippen LogP contribution in [0.25, 0.3) is 0 Å². The highest BCUT2D eigenvalue weighted by atomic mass is 16.7. The minimum Gasteiger partial charge on any atom is -0.494 e. The molecule has 0 aliphatic carbocycles. The van der Waals surface area contributed by atoms with Crippen molar-refractivity contribution in [1.29, 1.82) is 0 Å². The molecule has 2 heterocycles. The van der Waals surface area contributed by atoms with E-state index in [0.29, 0.717) is 35.0 Å². The van der Waals surface area contributed by atoms with Crippen LogP contribution in [0.5, 0.6) is 23.0 Å². The maximum atomic E-state index is 14.0. The predicted molar refractivity (Wildman–Crippen MR) is 143 cm³/mol. The molecule has 2 aliphatic heterocycles. The predicted octanol–water partition coefficient (Wildman–Crippen LogP) is 4.07. The van der Waals surface area contributed by atoms with E-state index in [1.165, 1.54) is 44.6 Å². The van der Waals surface area contributed by atoms with Gasteiger partial charge in [0.25, 0.3) is 11.6 Å². The second-order valence-corrected chi connectivity index (χ2v) is 8.96. The van der Waals surface area contributed by atoms with Gasteiger partial charge in [0.05, 0.1) is 44.2 Å². The highest BCUT2D eigenvalue weighted by Crippen LogP contribution is 2.52. The van der Waals surface area contributed by atoms with Crippen LogP contribution < -0.4 is 28.9 Å².